The summed E-state index contributed by atoms with van der Waals surface area (Å²) >= 11 is 0. The number of hydrogen-bond acceptors (Lipinski definition) is 3. The Kier molecular flexibility index (Phi) is 4.51. The molecule has 0 saturated heterocycles. The molecule has 1 unspecified atom stereocenters. The van der Waals surface area contributed by atoms with Gasteiger partial charge in [-0.1, -0.05) is 6.07 Å². The first-order valence-corrected chi connectivity index (χ1v) is 8.30. The van der Waals surface area contributed by atoms with E-state index >= 15 is 0 Å². The predicted molar refractivity (Wildman–Crippen MR) is 86.3 cm³/mol. The second-order valence-corrected chi connectivity index (χ2v) is 6.94. The topological polar surface area (TPSA) is 38.5 Å². The third-order valence-electron chi connectivity index (χ3n) is 4.65. The first-order valence-electron chi connectivity index (χ1n) is 8.30. The fraction of sp³-hybridized carbons (Fsp3) is 0.667. The van der Waals surface area contributed by atoms with Gasteiger partial charge < -0.3 is 10.5 Å². The molecule has 1 aromatic rings. The Morgan fingerprint density at radius 1 is 1.19 bits per heavy atom. The van der Waals surface area contributed by atoms with Crippen LogP contribution in [0.25, 0.3) is 0 Å². The number of rotatable bonds is 8. The number of nitrogens with two attached hydrogens (primary N) is 1. The molecular formula is C18H28N2O. The number of ether oxygens (including phenoxy) is 1. The van der Waals surface area contributed by atoms with Crippen molar-refractivity contribution in [3.05, 3.63) is 29.3 Å². The molecule has 116 valence electrons. The lowest BCUT2D eigenvalue weighted by molar-refractivity contribution is 0.240. The van der Waals surface area contributed by atoms with E-state index in [0.29, 0.717) is 0 Å². The van der Waals surface area contributed by atoms with Crippen molar-refractivity contribution >= 4 is 0 Å². The molecule has 0 bridgehead atoms. The van der Waals surface area contributed by atoms with Gasteiger partial charge in [0.25, 0.3) is 0 Å². The minimum absolute atomic E-state index is 0.0787. The Labute approximate surface area is 128 Å². The molecule has 1 atom stereocenters. The molecule has 21 heavy (non-hydrogen) atoms. The number of benzene rings is 1. The van der Waals surface area contributed by atoms with Gasteiger partial charge in [0.2, 0.25) is 0 Å². The zero-order valence-corrected chi connectivity index (χ0v) is 13.3. The molecule has 2 fully saturated rings. The van der Waals surface area contributed by atoms with Crippen LogP contribution in [-0.2, 0) is 6.54 Å². The van der Waals surface area contributed by atoms with Crippen LogP contribution >= 0.6 is 0 Å². The van der Waals surface area contributed by atoms with Crippen LogP contribution < -0.4 is 10.5 Å². The van der Waals surface area contributed by atoms with Gasteiger partial charge in [0.05, 0.1) is 7.11 Å². The summed E-state index contributed by atoms with van der Waals surface area (Å²) in [6.45, 7) is 5.54. The van der Waals surface area contributed by atoms with E-state index in [4.69, 9.17) is 10.5 Å². The summed E-state index contributed by atoms with van der Waals surface area (Å²) in [5, 5.41) is 0. The maximum Gasteiger partial charge on any atom is 0.123 e. The smallest absolute Gasteiger partial charge is 0.123 e. The van der Waals surface area contributed by atoms with Crippen LogP contribution in [0.3, 0.4) is 0 Å². The molecule has 3 rings (SSSR count). The van der Waals surface area contributed by atoms with Crippen LogP contribution in [-0.4, -0.2) is 25.1 Å². The van der Waals surface area contributed by atoms with E-state index in [1.165, 1.54) is 49.9 Å². The van der Waals surface area contributed by atoms with Crippen LogP contribution in [0.15, 0.2) is 18.2 Å². The molecule has 2 saturated carbocycles. The third-order valence-corrected chi connectivity index (χ3v) is 4.65. The quantitative estimate of drug-likeness (QED) is 0.797. The average molecular weight is 288 g/mol. The van der Waals surface area contributed by atoms with Crippen molar-refractivity contribution < 1.29 is 4.74 Å². The fourth-order valence-corrected chi connectivity index (χ4v) is 2.98. The van der Waals surface area contributed by atoms with E-state index < -0.39 is 0 Å². The molecule has 2 aliphatic rings. The summed E-state index contributed by atoms with van der Waals surface area (Å²) in [5.41, 5.74) is 8.52. The molecule has 0 aromatic heterocycles. The Morgan fingerprint density at radius 2 is 1.81 bits per heavy atom. The van der Waals surface area contributed by atoms with E-state index in [-0.39, 0.29) is 6.04 Å². The summed E-state index contributed by atoms with van der Waals surface area (Å²) in [5.74, 6) is 2.87. The highest BCUT2D eigenvalue weighted by molar-refractivity contribution is 5.38. The predicted octanol–water partition coefficient (Wildman–Crippen LogP) is 3.34. The van der Waals surface area contributed by atoms with Gasteiger partial charge in [-0.05, 0) is 62.1 Å². The lowest BCUT2D eigenvalue weighted by Crippen LogP contribution is -2.28. The van der Waals surface area contributed by atoms with Crippen molar-refractivity contribution in [1.29, 1.82) is 0 Å². The molecule has 1 aromatic carbocycles. The molecule has 0 radical (unpaired) electrons. The zero-order valence-electron chi connectivity index (χ0n) is 13.3. The molecule has 3 nitrogen and oxygen atoms in total. The largest absolute Gasteiger partial charge is 0.496 e. The lowest BCUT2D eigenvalue weighted by atomic mass is 10.0. The van der Waals surface area contributed by atoms with E-state index in [0.717, 1.165) is 24.1 Å². The average Bonchev–Trinajstić information content (AvgIpc) is 3.35. The highest BCUT2D eigenvalue weighted by atomic mass is 16.5. The molecule has 0 amide bonds. The van der Waals surface area contributed by atoms with Gasteiger partial charge in [0.15, 0.2) is 0 Å². The Morgan fingerprint density at radius 3 is 2.29 bits per heavy atom. The van der Waals surface area contributed by atoms with Crippen LogP contribution in [0.2, 0.25) is 0 Å². The molecule has 2 aliphatic carbocycles. The van der Waals surface area contributed by atoms with Gasteiger partial charge in [-0.2, -0.15) is 0 Å². The number of methoxy groups -OCH3 is 1. The fourth-order valence-electron chi connectivity index (χ4n) is 2.98. The highest BCUT2D eigenvalue weighted by Gasteiger charge is 2.29. The molecular weight excluding hydrogens is 260 g/mol. The molecule has 2 N–H and O–H groups in total. The van der Waals surface area contributed by atoms with Gasteiger partial charge in [0.1, 0.15) is 5.75 Å². The van der Waals surface area contributed by atoms with Crippen LogP contribution in [0, 0.1) is 11.8 Å². The first kappa shape index (κ1) is 14.9. The maximum absolute atomic E-state index is 6.03. The second-order valence-electron chi connectivity index (χ2n) is 6.94. The molecule has 3 heteroatoms. The van der Waals surface area contributed by atoms with E-state index in [2.05, 4.69) is 23.1 Å². The standard InChI is InChI=1S/C18H28N2O/c1-13(19)16-7-8-18(21-2)17(9-16)12-20(10-14-3-4-14)11-15-5-6-15/h7-9,13-15H,3-6,10-12,19H2,1-2H3. The van der Waals surface area contributed by atoms with Crippen molar-refractivity contribution in [2.45, 2.75) is 45.2 Å². The van der Waals surface area contributed by atoms with Gasteiger partial charge in [-0.25, -0.2) is 0 Å². The van der Waals surface area contributed by atoms with Crippen molar-refractivity contribution in [3.63, 3.8) is 0 Å². The van der Waals surface area contributed by atoms with E-state index in [1.807, 2.05) is 6.92 Å². The summed E-state index contributed by atoms with van der Waals surface area (Å²) in [4.78, 5) is 2.64. The third kappa shape index (κ3) is 4.21. The first-order chi connectivity index (χ1) is 10.2. The van der Waals surface area contributed by atoms with Crippen LogP contribution in [0.5, 0.6) is 5.75 Å². The van der Waals surface area contributed by atoms with Crippen LogP contribution in [0.1, 0.15) is 49.8 Å². The van der Waals surface area contributed by atoms with E-state index in [9.17, 15) is 0 Å². The summed E-state index contributed by atoms with van der Waals surface area (Å²) in [6.07, 6.45) is 5.66. The molecule has 0 aliphatic heterocycles. The van der Waals surface area contributed by atoms with Gasteiger partial charge >= 0.3 is 0 Å². The zero-order chi connectivity index (χ0) is 14.8. The lowest BCUT2D eigenvalue weighted by Gasteiger charge is -2.24. The minimum Gasteiger partial charge on any atom is -0.496 e. The minimum atomic E-state index is 0.0787. The number of nitrogens with zero attached hydrogens (tertiary/aromatic N) is 1. The summed E-state index contributed by atoms with van der Waals surface area (Å²) < 4.78 is 5.55. The summed E-state index contributed by atoms with van der Waals surface area (Å²) in [7, 11) is 1.76. The number of hydrogen-bond donors (Lipinski definition) is 1. The second kappa shape index (κ2) is 6.37. The Balaban J connectivity index is 1.73. The van der Waals surface area contributed by atoms with Crippen molar-refractivity contribution in [2.24, 2.45) is 17.6 Å². The summed E-state index contributed by atoms with van der Waals surface area (Å²) in [6, 6.07) is 6.46. The van der Waals surface area contributed by atoms with E-state index in [1.54, 1.807) is 7.11 Å². The SMILES string of the molecule is COc1ccc(C(C)N)cc1CN(CC1CC1)CC1CC1. The van der Waals surface area contributed by atoms with Crippen molar-refractivity contribution in [3.8, 4) is 5.75 Å². The van der Waals surface area contributed by atoms with Gasteiger partial charge in [-0.15, -0.1) is 0 Å². The molecule has 0 heterocycles. The monoisotopic (exact) mass is 288 g/mol. The van der Waals surface area contributed by atoms with Gasteiger partial charge in [0, 0.05) is 31.2 Å². The van der Waals surface area contributed by atoms with Gasteiger partial charge in [-0.3, -0.25) is 4.90 Å². The van der Waals surface area contributed by atoms with Crippen molar-refractivity contribution in [2.75, 3.05) is 20.2 Å². The highest BCUT2D eigenvalue weighted by Crippen LogP contribution is 2.35. The Hall–Kier alpha value is -1.06. The maximum atomic E-state index is 6.03. The van der Waals surface area contributed by atoms with Crippen molar-refractivity contribution in [1.82, 2.24) is 4.90 Å². The normalized spacial score (nSPS) is 19.8. The molecule has 0 spiro atoms. The van der Waals surface area contributed by atoms with Crippen LogP contribution in [0.4, 0.5) is 0 Å². The Bertz CT molecular complexity index is 464.